The van der Waals surface area contributed by atoms with E-state index in [2.05, 4.69) is 0 Å². The van der Waals surface area contributed by atoms with Gasteiger partial charge in [-0.1, -0.05) is 0 Å². The summed E-state index contributed by atoms with van der Waals surface area (Å²) in [5, 5.41) is 19.4. The summed E-state index contributed by atoms with van der Waals surface area (Å²) in [5.74, 6) is -2.51. The largest absolute Gasteiger partial charge is 0.481 e. The van der Waals surface area contributed by atoms with Gasteiger partial charge in [-0.15, -0.1) is 0 Å². The molecule has 2 heterocycles. The zero-order valence-electron chi connectivity index (χ0n) is 14.5. The average molecular weight is 377 g/mol. The Kier molecular flexibility index (Phi) is 5.41. The Balaban J connectivity index is 2.00. The molecular weight excluding hydrogens is 357 g/mol. The first-order valence-corrected chi connectivity index (χ1v) is 8.57. The zero-order valence-corrected chi connectivity index (χ0v) is 14.5. The molecule has 1 saturated heterocycles. The molecule has 2 aromatic rings. The minimum Gasteiger partial charge on any atom is -0.481 e. The van der Waals surface area contributed by atoms with E-state index in [9.17, 15) is 23.9 Å². The number of hydrogen-bond acceptors (Lipinski definition) is 4. The van der Waals surface area contributed by atoms with Crippen LogP contribution in [0.15, 0.2) is 24.4 Å². The second-order valence-corrected chi connectivity index (χ2v) is 6.50. The predicted octanol–water partition coefficient (Wildman–Crippen LogP) is 1.15. The molecule has 0 unspecified atom stereocenters. The van der Waals surface area contributed by atoms with Crippen molar-refractivity contribution < 1.29 is 29.0 Å². The normalized spacial score (nSPS) is 16.4. The van der Waals surface area contributed by atoms with Crippen LogP contribution in [0, 0.1) is 5.82 Å². The number of carbonyl (C=O) groups is 3. The maximum Gasteiger partial charge on any atom is 0.325 e. The van der Waals surface area contributed by atoms with Crippen molar-refractivity contribution in [1.29, 1.82) is 0 Å². The molecule has 8 nitrogen and oxygen atoms in total. The van der Waals surface area contributed by atoms with E-state index in [-0.39, 0.29) is 13.0 Å². The van der Waals surface area contributed by atoms with E-state index in [0.717, 1.165) is 6.41 Å². The van der Waals surface area contributed by atoms with Gasteiger partial charge in [-0.3, -0.25) is 19.3 Å². The number of amides is 1. The minimum atomic E-state index is -1.05. The molecule has 1 amide bonds. The second-order valence-electron chi connectivity index (χ2n) is 6.50. The molecule has 144 valence electrons. The van der Waals surface area contributed by atoms with E-state index in [1.807, 2.05) is 0 Å². The first-order valence-electron chi connectivity index (χ1n) is 8.57. The van der Waals surface area contributed by atoms with Gasteiger partial charge < -0.3 is 19.7 Å². The topological polar surface area (TPSA) is 103 Å². The number of aryl methyl sites for hydroxylation is 1. The van der Waals surface area contributed by atoms with Crippen LogP contribution >= 0.6 is 0 Å². The van der Waals surface area contributed by atoms with Gasteiger partial charge in [0, 0.05) is 49.9 Å². The highest BCUT2D eigenvalue weighted by Crippen LogP contribution is 2.32. The third-order valence-corrected chi connectivity index (χ3v) is 4.83. The second kappa shape index (κ2) is 7.75. The van der Waals surface area contributed by atoms with Crippen molar-refractivity contribution in [2.75, 3.05) is 26.2 Å². The summed E-state index contributed by atoms with van der Waals surface area (Å²) in [4.78, 5) is 37.2. The van der Waals surface area contributed by atoms with Crippen molar-refractivity contribution in [1.82, 2.24) is 14.4 Å². The zero-order chi connectivity index (χ0) is 19.6. The average Bonchev–Trinajstić information content (AvgIpc) is 2.98. The summed E-state index contributed by atoms with van der Waals surface area (Å²) in [6.45, 7) is 1.77. The number of carboxylic acids is 2. The van der Waals surface area contributed by atoms with E-state index in [0.29, 0.717) is 42.6 Å². The molecule has 1 atom stereocenters. The van der Waals surface area contributed by atoms with Crippen LogP contribution in [0.4, 0.5) is 4.39 Å². The molecule has 0 saturated carbocycles. The van der Waals surface area contributed by atoms with Crippen LogP contribution in [0.1, 0.15) is 18.0 Å². The minimum absolute atomic E-state index is 0.112. The molecule has 0 bridgehead atoms. The van der Waals surface area contributed by atoms with Crippen LogP contribution in [0.5, 0.6) is 0 Å². The molecule has 27 heavy (non-hydrogen) atoms. The number of fused-ring (bicyclic) bond motifs is 1. The number of halogens is 1. The molecule has 2 N–H and O–H groups in total. The van der Waals surface area contributed by atoms with Crippen LogP contribution in [-0.4, -0.2) is 69.1 Å². The highest BCUT2D eigenvalue weighted by atomic mass is 19.1. The Hall–Kier alpha value is -2.94. The molecule has 9 heteroatoms. The lowest BCUT2D eigenvalue weighted by Crippen LogP contribution is -2.48. The van der Waals surface area contributed by atoms with Crippen LogP contribution in [-0.2, 0) is 20.9 Å². The van der Waals surface area contributed by atoms with E-state index in [1.54, 1.807) is 20.6 Å². The van der Waals surface area contributed by atoms with Crippen molar-refractivity contribution in [3.8, 4) is 0 Å². The molecule has 3 rings (SSSR count). The molecule has 1 aromatic carbocycles. The van der Waals surface area contributed by atoms with Gasteiger partial charge in [0.15, 0.2) is 0 Å². The van der Waals surface area contributed by atoms with E-state index < -0.39 is 23.8 Å². The number of hydrogen-bond donors (Lipinski definition) is 2. The highest BCUT2D eigenvalue weighted by Gasteiger charge is 2.32. The smallest absolute Gasteiger partial charge is 0.325 e. The summed E-state index contributed by atoms with van der Waals surface area (Å²) < 4.78 is 15.3. The Bertz CT molecular complexity index is 873. The third kappa shape index (κ3) is 3.92. The quantitative estimate of drug-likeness (QED) is 0.702. The fourth-order valence-electron chi connectivity index (χ4n) is 3.50. The van der Waals surface area contributed by atoms with Gasteiger partial charge in [0.2, 0.25) is 6.41 Å². The summed E-state index contributed by atoms with van der Waals surface area (Å²) in [6.07, 6.45) is 2.18. The summed E-state index contributed by atoms with van der Waals surface area (Å²) in [5.41, 5.74) is 0.950. The molecule has 1 aliphatic rings. The van der Waals surface area contributed by atoms with Crippen molar-refractivity contribution in [2.45, 2.75) is 19.0 Å². The first-order chi connectivity index (χ1) is 12.9. The monoisotopic (exact) mass is 377 g/mol. The Morgan fingerprint density at radius 3 is 2.48 bits per heavy atom. The summed E-state index contributed by atoms with van der Waals surface area (Å²) >= 11 is 0. The maximum absolute atomic E-state index is 13.7. The summed E-state index contributed by atoms with van der Waals surface area (Å²) in [7, 11) is 0. The van der Waals surface area contributed by atoms with Gasteiger partial charge in [0.1, 0.15) is 11.9 Å². The molecule has 0 radical (unpaired) electrons. The Morgan fingerprint density at radius 1 is 1.19 bits per heavy atom. The molecule has 1 aromatic heterocycles. The highest BCUT2D eigenvalue weighted by molar-refractivity contribution is 5.90. The van der Waals surface area contributed by atoms with Gasteiger partial charge in [-0.2, -0.15) is 0 Å². The van der Waals surface area contributed by atoms with E-state index in [4.69, 9.17) is 5.11 Å². The molecule has 0 spiro atoms. The number of nitrogens with zero attached hydrogens (tertiary/aromatic N) is 3. The SMILES string of the molecule is O=CN1CCN([C@H](C(=O)O)c2cn(CCC(=O)O)c3cc(F)ccc23)CC1. The van der Waals surface area contributed by atoms with Crippen LogP contribution in [0.3, 0.4) is 0 Å². The van der Waals surface area contributed by atoms with Crippen molar-refractivity contribution >= 4 is 29.3 Å². The number of aliphatic carboxylic acids is 2. The van der Waals surface area contributed by atoms with Crippen molar-refractivity contribution in [2.24, 2.45) is 0 Å². The molecule has 0 aliphatic carbocycles. The molecule has 1 fully saturated rings. The Labute approximate surface area is 154 Å². The first kappa shape index (κ1) is 18.8. The van der Waals surface area contributed by atoms with Crippen molar-refractivity contribution in [3.05, 3.63) is 35.8 Å². The summed E-state index contributed by atoms with van der Waals surface area (Å²) in [6, 6.07) is 3.10. The lowest BCUT2D eigenvalue weighted by atomic mass is 10.0. The van der Waals surface area contributed by atoms with Crippen LogP contribution in [0.2, 0.25) is 0 Å². The lowest BCUT2D eigenvalue weighted by molar-refractivity contribution is -0.144. The predicted molar refractivity (Wildman–Crippen MR) is 93.7 cm³/mol. The van der Waals surface area contributed by atoms with Crippen molar-refractivity contribution in [3.63, 3.8) is 0 Å². The third-order valence-electron chi connectivity index (χ3n) is 4.83. The van der Waals surface area contributed by atoms with Crippen LogP contribution in [0.25, 0.3) is 10.9 Å². The lowest BCUT2D eigenvalue weighted by Gasteiger charge is -2.36. The number of benzene rings is 1. The fourth-order valence-corrected chi connectivity index (χ4v) is 3.50. The van der Waals surface area contributed by atoms with Gasteiger partial charge >= 0.3 is 11.9 Å². The molecular formula is C18H20FN3O5. The van der Waals surface area contributed by atoms with E-state index >= 15 is 0 Å². The number of carboxylic acid groups (broad SMARTS) is 2. The number of rotatable bonds is 7. The standard InChI is InChI=1S/C18H20FN3O5/c19-12-1-2-13-14(10-22(15(13)9-12)4-3-16(24)25)17(18(26)27)21-7-5-20(11-23)6-8-21/h1-2,9-11,17H,3-8H2,(H,24,25)(H,26,27)/t17-/m0/s1. The van der Waals surface area contributed by atoms with Gasteiger partial charge in [0.25, 0.3) is 0 Å². The van der Waals surface area contributed by atoms with Gasteiger partial charge in [-0.25, -0.2) is 4.39 Å². The Morgan fingerprint density at radius 2 is 1.89 bits per heavy atom. The maximum atomic E-state index is 13.7. The number of piperazine rings is 1. The van der Waals surface area contributed by atoms with Gasteiger partial charge in [-0.05, 0) is 18.2 Å². The fraction of sp³-hybridized carbons (Fsp3) is 0.389. The van der Waals surface area contributed by atoms with Crippen LogP contribution < -0.4 is 0 Å². The molecule has 1 aliphatic heterocycles. The number of aromatic nitrogens is 1. The van der Waals surface area contributed by atoms with E-state index in [1.165, 1.54) is 18.2 Å². The number of carbonyl (C=O) groups excluding carboxylic acids is 1. The van der Waals surface area contributed by atoms with Gasteiger partial charge in [0.05, 0.1) is 11.9 Å².